The van der Waals surface area contributed by atoms with Crippen LogP contribution in [0.3, 0.4) is 0 Å². The van der Waals surface area contributed by atoms with Crippen LogP contribution in [0, 0.1) is 27.9 Å². The topological polar surface area (TPSA) is 132 Å². The van der Waals surface area contributed by atoms with Crippen LogP contribution in [0.1, 0.15) is 64.9 Å². The number of amides is 2. The normalized spacial score (nSPS) is 21.6. The van der Waals surface area contributed by atoms with Gasteiger partial charge in [-0.05, 0) is 76.5 Å². The third kappa shape index (κ3) is 7.17. The number of carbonyl (C=O) groups excluding carboxylic acids is 2. The van der Waals surface area contributed by atoms with Crippen LogP contribution >= 0.6 is 0 Å². The van der Waals surface area contributed by atoms with Gasteiger partial charge in [0.15, 0.2) is 0 Å². The Labute approximate surface area is 322 Å². The van der Waals surface area contributed by atoms with Crippen LogP contribution < -0.4 is 15.3 Å². The number of fused-ring (bicyclic) bond motifs is 3. The number of hydrogen-bond donors (Lipinski definition) is 1. The number of hydrogen-bond acceptors (Lipinski definition) is 8. The van der Waals surface area contributed by atoms with E-state index in [0.717, 1.165) is 44.8 Å². The lowest BCUT2D eigenvalue weighted by Crippen LogP contribution is -2.66. The van der Waals surface area contributed by atoms with Crippen molar-refractivity contribution in [2.24, 2.45) is 17.8 Å². The molecule has 0 saturated carbocycles. The Morgan fingerprint density at radius 1 is 0.964 bits per heavy atom. The zero-order valence-corrected chi connectivity index (χ0v) is 32.8. The molecule has 2 aliphatic heterocycles. The third-order valence-corrected chi connectivity index (χ3v) is 16.5. The van der Waals surface area contributed by atoms with Gasteiger partial charge in [0.05, 0.1) is 41.8 Å². The second-order valence-electron chi connectivity index (χ2n) is 15.7. The highest BCUT2D eigenvalue weighted by Gasteiger charge is 2.58. The van der Waals surface area contributed by atoms with Gasteiger partial charge in [0.1, 0.15) is 18.1 Å². The van der Waals surface area contributed by atoms with Gasteiger partial charge in [-0.3, -0.25) is 19.7 Å². The van der Waals surface area contributed by atoms with Crippen molar-refractivity contribution < 1.29 is 33.2 Å². The van der Waals surface area contributed by atoms with Crippen molar-refractivity contribution >= 4 is 48.0 Å². The minimum Gasteiger partial charge on any atom is -0.459 e. The molecule has 0 unspecified atom stereocenters. The number of aliphatic hydroxyl groups excluding tert-OH is 1. The van der Waals surface area contributed by atoms with Crippen LogP contribution in [0.25, 0.3) is 6.08 Å². The van der Waals surface area contributed by atoms with Gasteiger partial charge in [-0.25, -0.2) is 4.90 Å². The molecule has 2 saturated heterocycles. The standard InChI is InChI=1S/C44H48N2O8Si/c1-5-29(23-33-20-21-34(26-47)54-33)19-22-39-40-30(27-53-55(44(2,3)4,35-15-8-6-9-16-35)36-17-10-7-11-18-36)24-37-41(38(40)28-52-39)43(49)45(42(37)48)31-13-12-14-32(25-31)46(50)51/h6-18,20-21,23,25,37-39,41,47H,5,19,22,24,26-28H2,1-4H3/b29-23+/t37-,38+,39-,41-/m1/s1. The van der Waals surface area contributed by atoms with Crippen LogP contribution in [0.4, 0.5) is 11.4 Å². The fraction of sp³-hybridized carbons (Fsp3) is 0.364. The van der Waals surface area contributed by atoms with Crippen molar-refractivity contribution in [3.8, 4) is 0 Å². The number of non-ortho nitro benzene ring substituents is 1. The third-order valence-electron chi connectivity index (χ3n) is 11.6. The van der Waals surface area contributed by atoms with E-state index in [1.165, 1.54) is 18.2 Å². The van der Waals surface area contributed by atoms with E-state index in [-0.39, 0.29) is 60.1 Å². The molecule has 0 bridgehead atoms. The number of anilines is 1. The number of nitro groups is 1. The highest BCUT2D eigenvalue weighted by atomic mass is 28.4. The summed E-state index contributed by atoms with van der Waals surface area (Å²) >= 11 is 0. The zero-order chi connectivity index (χ0) is 38.9. The van der Waals surface area contributed by atoms with Crippen LogP contribution in [0.15, 0.2) is 118 Å². The zero-order valence-electron chi connectivity index (χ0n) is 31.8. The van der Waals surface area contributed by atoms with Crippen molar-refractivity contribution in [1.29, 1.82) is 0 Å². The molecular formula is C44H48N2O8Si. The summed E-state index contributed by atoms with van der Waals surface area (Å²) in [6.07, 6.45) is 4.23. The largest absolute Gasteiger partial charge is 0.459 e. The fourth-order valence-corrected chi connectivity index (χ4v) is 13.5. The molecule has 7 rings (SSSR count). The molecule has 1 aliphatic carbocycles. The van der Waals surface area contributed by atoms with Gasteiger partial charge in [0.25, 0.3) is 14.0 Å². The van der Waals surface area contributed by atoms with Crippen molar-refractivity contribution in [1.82, 2.24) is 0 Å². The number of carbonyl (C=O) groups is 2. The molecule has 10 nitrogen and oxygen atoms in total. The minimum atomic E-state index is -2.97. The average Bonchev–Trinajstić information content (AvgIpc) is 3.89. The molecule has 0 spiro atoms. The predicted octanol–water partition coefficient (Wildman–Crippen LogP) is 7.35. The lowest BCUT2D eigenvalue weighted by molar-refractivity contribution is -0.384. The van der Waals surface area contributed by atoms with Crippen LogP contribution in [-0.2, 0) is 25.4 Å². The van der Waals surface area contributed by atoms with Crippen LogP contribution in [0.2, 0.25) is 5.04 Å². The number of benzene rings is 3. The number of nitro benzene ring substituents is 1. The maximum Gasteiger partial charge on any atom is 0.271 e. The summed E-state index contributed by atoms with van der Waals surface area (Å²) in [5, 5.41) is 23.2. The fourth-order valence-electron chi connectivity index (χ4n) is 8.99. The van der Waals surface area contributed by atoms with Crippen molar-refractivity contribution in [2.45, 2.75) is 71.1 Å². The SMILES string of the molecule is CC/C(=C\c1ccc(CO)o1)CC[C@H]1OC[C@H]2C1=C(CO[Si](c1ccccc1)(c1ccccc1)C(C)(C)C)C[C@H]1C(=O)N(c3cccc([N+](=O)[O-])c3)C(=O)[C@H]12. The molecule has 3 heterocycles. The summed E-state index contributed by atoms with van der Waals surface area (Å²) < 4.78 is 19.8. The Bertz CT molecular complexity index is 2080. The number of furan rings is 1. The molecule has 11 heteroatoms. The first-order valence-corrected chi connectivity index (χ1v) is 21.0. The summed E-state index contributed by atoms with van der Waals surface area (Å²) in [5.74, 6) is -1.14. The highest BCUT2D eigenvalue weighted by molar-refractivity contribution is 6.99. The van der Waals surface area contributed by atoms with E-state index in [2.05, 4.69) is 76.2 Å². The molecule has 1 aromatic heterocycles. The van der Waals surface area contributed by atoms with Gasteiger partial charge >= 0.3 is 0 Å². The van der Waals surface area contributed by atoms with Crippen LogP contribution in [0.5, 0.6) is 0 Å². The molecule has 2 amide bonds. The van der Waals surface area contributed by atoms with E-state index in [1.54, 1.807) is 12.1 Å². The number of allylic oxidation sites excluding steroid dienone is 1. The van der Waals surface area contributed by atoms with Crippen molar-refractivity contribution in [3.63, 3.8) is 0 Å². The van der Waals surface area contributed by atoms with Crippen LogP contribution in [-0.4, -0.2) is 49.5 Å². The first kappa shape index (κ1) is 38.3. The number of imide groups is 1. The van der Waals surface area contributed by atoms with E-state index in [1.807, 2.05) is 24.3 Å². The summed E-state index contributed by atoms with van der Waals surface area (Å²) in [4.78, 5) is 40.9. The molecule has 286 valence electrons. The van der Waals surface area contributed by atoms with Gasteiger partial charge in [-0.15, -0.1) is 0 Å². The van der Waals surface area contributed by atoms with Crippen molar-refractivity contribution in [2.75, 3.05) is 18.1 Å². The number of aliphatic hydroxyl groups is 1. The maximum absolute atomic E-state index is 14.3. The Hall–Kier alpha value is -4.94. The Balaban J connectivity index is 1.27. The van der Waals surface area contributed by atoms with Crippen molar-refractivity contribution in [3.05, 3.63) is 135 Å². The van der Waals surface area contributed by atoms with Gasteiger partial charge in [0, 0.05) is 18.1 Å². The number of nitrogens with zero attached hydrogens (tertiary/aromatic N) is 2. The number of ether oxygens (including phenoxy) is 1. The summed E-state index contributed by atoms with van der Waals surface area (Å²) in [6, 6.07) is 30.2. The van der Waals surface area contributed by atoms with Gasteiger partial charge in [-0.2, -0.15) is 0 Å². The Morgan fingerprint density at radius 3 is 2.25 bits per heavy atom. The molecule has 1 N–H and O–H groups in total. The molecule has 3 aromatic carbocycles. The maximum atomic E-state index is 14.3. The lowest BCUT2D eigenvalue weighted by Gasteiger charge is -2.44. The average molecular weight is 761 g/mol. The first-order valence-electron chi connectivity index (χ1n) is 19.1. The molecule has 2 fully saturated rings. The van der Waals surface area contributed by atoms with Gasteiger partial charge in [-0.1, -0.05) is 100.0 Å². The molecule has 4 atom stereocenters. The summed E-state index contributed by atoms with van der Waals surface area (Å²) in [6.45, 7) is 9.18. The lowest BCUT2D eigenvalue weighted by atomic mass is 9.69. The molecular weight excluding hydrogens is 713 g/mol. The molecule has 3 aliphatic rings. The predicted molar refractivity (Wildman–Crippen MR) is 213 cm³/mol. The Kier molecular flexibility index (Phi) is 10.9. The highest BCUT2D eigenvalue weighted by Crippen LogP contribution is 2.51. The van der Waals surface area contributed by atoms with E-state index in [9.17, 15) is 24.8 Å². The molecule has 0 radical (unpaired) electrons. The van der Waals surface area contributed by atoms with E-state index in [0.29, 0.717) is 24.4 Å². The molecule has 55 heavy (non-hydrogen) atoms. The van der Waals surface area contributed by atoms with E-state index in [4.69, 9.17) is 13.6 Å². The first-order chi connectivity index (χ1) is 26.5. The second-order valence-corrected chi connectivity index (χ2v) is 20.0. The van der Waals surface area contributed by atoms with E-state index < -0.39 is 25.1 Å². The van der Waals surface area contributed by atoms with Gasteiger partial charge in [0.2, 0.25) is 11.8 Å². The summed E-state index contributed by atoms with van der Waals surface area (Å²) in [5.41, 5.74) is 3.22. The summed E-state index contributed by atoms with van der Waals surface area (Å²) in [7, 11) is -2.97. The minimum absolute atomic E-state index is 0.165. The quantitative estimate of drug-likeness (QED) is 0.0492. The smallest absolute Gasteiger partial charge is 0.271 e. The molecule has 4 aromatic rings. The second kappa shape index (κ2) is 15.7. The van der Waals surface area contributed by atoms with Gasteiger partial charge < -0.3 is 18.7 Å². The van der Waals surface area contributed by atoms with E-state index >= 15 is 0 Å². The Morgan fingerprint density at radius 2 is 1.65 bits per heavy atom. The number of rotatable bonds is 13. The monoisotopic (exact) mass is 760 g/mol.